The van der Waals surface area contributed by atoms with Gasteiger partial charge in [0.25, 0.3) is 0 Å². The smallest absolute Gasteiger partial charge is 0.356 e. The normalized spacial score (nSPS) is 11.8. The summed E-state index contributed by atoms with van der Waals surface area (Å²) in [4.78, 5) is 14.2. The molecule has 0 aliphatic heterocycles. The molecule has 0 aliphatic carbocycles. The molecule has 21 heavy (non-hydrogen) atoms. The fourth-order valence-electron chi connectivity index (χ4n) is 2.49. The number of rotatable bonds is 4. The maximum atomic E-state index is 12.3. The van der Waals surface area contributed by atoms with Gasteiger partial charge in [-0.25, -0.2) is 4.79 Å². The standard InChI is InChI=1S/C17H22N2O2/c1-6-21-17(20)16(11-18(4)5)19-13(3)12(2)14-9-7-8-10-15(14)19/h7-11H,6H2,1-5H3/b16-11+. The van der Waals surface area contributed by atoms with Crippen LogP contribution in [0.2, 0.25) is 0 Å². The van der Waals surface area contributed by atoms with E-state index < -0.39 is 0 Å². The second kappa shape index (κ2) is 6.04. The van der Waals surface area contributed by atoms with E-state index in [-0.39, 0.29) is 5.97 Å². The van der Waals surface area contributed by atoms with Crippen molar-refractivity contribution in [3.63, 3.8) is 0 Å². The van der Waals surface area contributed by atoms with Gasteiger partial charge in [-0.15, -0.1) is 0 Å². The zero-order valence-electron chi connectivity index (χ0n) is 13.3. The molecule has 0 saturated carbocycles. The van der Waals surface area contributed by atoms with Gasteiger partial charge in [-0.1, -0.05) is 18.2 Å². The first-order valence-corrected chi connectivity index (χ1v) is 7.09. The first kappa shape index (κ1) is 15.2. The molecule has 0 radical (unpaired) electrons. The van der Waals surface area contributed by atoms with Crippen LogP contribution in [-0.4, -0.2) is 36.1 Å². The van der Waals surface area contributed by atoms with Gasteiger partial charge in [-0.3, -0.25) is 0 Å². The minimum absolute atomic E-state index is 0.310. The van der Waals surface area contributed by atoms with E-state index in [9.17, 15) is 4.79 Å². The number of fused-ring (bicyclic) bond motifs is 1. The van der Waals surface area contributed by atoms with E-state index >= 15 is 0 Å². The number of aryl methyl sites for hydroxylation is 1. The highest BCUT2D eigenvalue weighted by molar-refractivity contribution is 6.12. The van der Waals surface area contributed by atoms with Crippen molar-refractivity contribution in [2.45, 2.75) is 20.8 Å². The Bertz CT molecular complexity index is 696. The maximum absolute atomic E-state index is 12.3. The molecule has 112 valence electrons. The molecule has 0 amide bonds. The molecule has 0 atom stereocenters. The minimum Gasteiger partial charge on any atom is -0.461 e. The molecule has 0 fully saturated rings. The first-order valence-electron chi connectivity index (χ1n) is 7.09. The van der Waals surface area contributed by atoms with Crippen molar-refractivity contribution >= 4 is 22.6 Å². The van der Waals surface area contributed by atoms with Crippen LogP contribution in [0.4, 0.5) is 0 Å². The number of carbonyl (C=O) groups excluding carboxylic acids is 1. The van der Waals surface area contributed by atoms with Crippen molar-refractivity contribution in [2.24, 2.45) is 0 Å². The van der Waals surface area contributed by atoms with Gasteiger partial charge in [0, 0.05) is 31.4 Å². The number of hydrogen-bond donors (Lipinski definition) is 0. The van der Waals surface area contributed by atoms with Crippen LogP contribution in [0.25, 0.3) is 16.6 Å². The number of benzene rings is 1. The van der Waals surface area contributed by atoms with Crippen LogP contribution in [0.1, 0.15) is 18.2 Å². The van der Waals surface area contributed by atoms with Crippen molar-refractivity contribution in [2.75, 3.05) is 20.7 Å². The zero-order chi connectivity index (χ0) is 15.6. The highest BCUT2D eigenvalue weighted by Gasteiger charge is 2.20. The third kappa shape index (κ3) is 2.79. The molecule has 0 bridgehead atoms. The van der Waals surface area contributed by atoms with E-state index in [1.165, 1.54) is 5.56 Å². The summed E-state index contributed by atoms with van der Waals surface area (Å²) < 4.78 is 7.19. The number of esters is 1. The lowest BCUT2D eigenvalue weighted by molar-refractivity contribution is -0.136. The Balaban J connectivity index is 2.71. The van der Waals surface area contributed by atoms with E-state index in [0.717, 1.165) is 16.6 Å². The van der Waals surface area contributed by atoms with Crippen LogP contribution in [-0.2, 0) is 9.53 Å². The maximum Gasteiger partial charge on any atom is 0.356 e. The quantitative estimate of drug-likeness (QED) is 0.639. The number of carbonyl (C=O) groups is 1. The summed E-state index contributed by atoms with van der Waals surface area (Å²) in [6.07, 6.45) is 1.80. The molecule has 4 heteroatoms. The Morgan fingerprint density at radius 1 is 1.29 bits per heavy atom. The van der Waals surface area contributed by atoms with Gasteiger partial charge in [-0.2, -0.15) is 0 Å². The fourth-order valence-corrected chi connectivity index (χ4v) is 2.49. The number of nitrogens with zero attached hydrogens (tertiary/aromatic N) is 2. The molecule has 0 N–H and O–H groups in total. The lowest BCUT2D eigenvalue weighted by Crippen LogP contribution is -2.17. The van der Waals surface area contributed by atoms with E-state index in [1.807, 2.05) is 55.6 Å². The third-order valence-electron chi connectivity index (χ3n) is 3.53. The largest absolute Gasteiger partial charge is 0.461 e. The SMILES string of the molecule is CCOC(=O)/C(=C\N(C)C)n1c(C)c(C)c2ccccc21. The van der Waals surface area contributed by atoms with E-state index in [2.05, 4.69) is 13.0 Å². The van der Waals surface area contributed by atoms with Gasteiger partial charge in [0.15, 0.2) is 0 Å². The molecule has 2 rings (SSSR count). The summed E-state index contributed by atoms with van der Waals surface area (Å²) in [7, 11) is 3.79. The monoisotopic (exact) mass is 286 g/mol. The molecule has 1 heterocycles. The summed E-state index contributed by atoms with van der Waals surface area (Å²) in [6.45, 7) is 6.28. The highest BCUT2D eigenvalue weighted by atomic mass is 16.5. The lowest BCUT2D eigenvalue weighted by atomic mass is 10.2. The van der Waals surface area contributed by atoms with Gasteiger partial charge in [0.1, 0.15) is 5.70 Å². The zero-order valence-corrected chi connectivity index (χ0v) is 13.3. The molecular formula is C17H22N2O2. The molecule has 1 aromatic carbocycles. The topological polar surface area (TPSA) is 34.5 Å². The average Bonchev–Trinajstić information content (AvgIpc) is 2.69. The van der Waals surface area contributed by atoms with Gasteiger partial charge in [0.05, 0.1) is 12.1 Å². The summed E-state index contributed by atoms with van der Waals surface area (Å²) in [6, 6.07) is 8.10. The Hall–Kier alpha value is -2.23. The summed E-state index contributed by atoms with van der Waals surface area (Å²) in [5.74, 6) is -0.310. The number of hydrogen-bond acceptors (Lipinski definition) is 3. The summed E-state index contributed by atoms with van der Waals surface area (Å²) in [5.41, 5.74) is 3.79. The Morgan fingerprint density at radius 2 is 1.95 bits per heavy atom. The summed E-state index contributed by atoms with van der Waals surface area (Å²) >= 11 is 0. The third-order valence-corrected chi connectivity index (χ3v) is 3.53. The Kier molecular flexibility index (Phi) is 4.36. The van der Waals surface area contributed by atoms with Crippen molar-refractivity contribution in [3.05, 3.63) is 41.7 Å². The Morgan fingerprint density at radius 3 is 2.57 bits per heavy atom. The molecule has 0 spiro atoms. The van der Waals surface area contributed by atoms with Crippen LogP contribution in [0, 0.1) is 13.8 Å². The minimum atomic E-state index is -0.310. The number of aromatic nitrogens is 1. The van der Waals surface area contributed by atoms with Gasteiger partial charge in [-0.05, 0) is 32.4 Å². The fraction of sp³-hybridized carbons (Fsp3) is 0.353. The van der Waals surface area contributed by atoms with Crippen molar-refractivity contribution < 1.29 is 9.53 Å². The van der Waals surface area contributed by atoms with Gasteiger partial charge >= 0.3 is 5.97 Å². The molecule has 4 nitrogen and oxygen atoms in total. The summed E-state index contributed by atoms with van der Waals surface area (Å²) in [5, 5.41) is 1.16. The van der Waals surface area contributed by atoms with Crippen molar-refractivity contribution in [1.82, 2.24) is 9.47 Å². The average molecular weight is 286 g/mol. The van der Waals surface area contributed by atoms with Gasteiger partial charge < -0.3 is 14.2 Å². The second-order valence-electron chi connectivity index (χ2n) is 5.26. The van der Waals surface area contributed by atoms with E-state index in [1.54, 1.807) is 6.20 Å². The predicted octanol–water partition coefficient (Wildman–Crippen LogP) is 3.18. The molecule has 0 aliphatic rings. The number of ether oxygens (including phenoxy) is 1. The van der Waals surface area contributed by atoms with Crippen molar-refractivity contribution in [1.29, 1.82) is 0 Å². The Labute approximate surface area is 125 Å². The van der Waals surface area contributed by atoms with Crippen LogP contribution in [0.3, 0.4) is 0 Å². The predicted molar refractivity (Wildman–Crippen MR) is 86.0 cm³/mol. The van der Waals surface area contributed by atoms with Gasteiger partial charge in [0.2, 0.25) is 0 Å². The molecule has 1 aromatic heterocycles. The second-order valence-corrected chi connectivity index (χ2v) is 5.26. The van der Waals surface area contributed by atoms with Crippen LogP contribution in [0.5, 0.6) is 0 Å². The van der Waals surface area contributed by atoms with Crippen molar-refractivity contribution in [3.8, 4) is 0 Å². The highest BCUT2D eigenvalue weighted by Crippen LogP contribution is 2.28. The van der Waals surface area contributed by atoms with Crippen LogP contribution in [0.15, 0.2) is 30.5 Å². The molecule has 0 saturated heterocycles. The van der Waals surface area contributed by atoms with Crippen LogP contribution >= 0.6 is 0 Å². The van der Waals surface area contributed by atoms with E-state index in [4.69, 9.17) is 4.74 Å². The molecule has 0 unspecified atom stereocenters. The number of para-hydroxylation sites is 1. The molecule has 2 aromatic rings. The lowest BCUT2D eigenvalue weighted by Gasteiger charge is -2.15. The van der Waals surface area contributed by atoms with E-state index in [0.29, 0.717) is 12.3 Å². The first-order chi connectivity index (χ1) is 9.97. The van der Waals surface area contributed by atoms with Crippen LogP contribution < -0.4 is 0 Å². The molecular weight excluding hydrogens is 264 g/mol.